The maximum Gasteiger partial charge on any atom is 0.240 e. The van der Waals surface area contributed by atoms with Gasteiger partial charge in [0.15, 0.2) is 11.5 Å². The topological polar surface area (TPSA) is 104 Å². The predicted octanol–water partition coefficient (Wildman–Crippen LogP) is 4.74. The molecule has 11 heteroatoms. The van der Waals surface area contributed by atoms with Crippen LogP contribution in [0.15, 0.2) is 72.8 Å². The second-order valence-corrected chi connectivity index (χ2v) is 11.9. The van der Waals surface area contributed by atoms with Gasteiger partial charge >= 0.3 is 0 Å². The van der Waals surface area contributed by atoms with Crippen LogP contribution in [-0.2, 0) is 14.3 Å². The minimum absolute atomic E-state index is 0.00481. The van der Waals surface area contributed by atoms with Gasteiger partial charge < -0.3 is 24.3 Å². The quantitative estimate of drug-likeness (QED) is 0.304. The summed E-state index contributed by atoms with van der Waals surface area (Å²) in [4.78, 5) is 28.9. The lowest BCUT2D eigenvalue weighted by Crippen LogP contribution is -2.44. The van der Waals surface area contributed by atoms with Crippen LogP contribution in [-0.4, -0.2) is 67.1 Å². The molecule has 226 valence electrons. The third-order valence-electron chi connectivity index (χ3n) is 8.01. The Bertz CT molecular complexity index is 1670. The van der Waals surface area contributed by atoms with Crippen molar-refractivity contribution < 1.29 is 28.5 Å². The number of anilines is 1. The minimum Gasteiger partial charge on any atom is -0.497 e. The first-order chi connectivity index (χ1) is 21.6. The van der Waals surface area contributed by atoms with Crippen LogP contribution in [0.4, 0.5) is 5.82 Å². The van der Waals surface area contributed by atoms with Crippen LogP contribution in [0.25, 0.3) is 16.9 Å². The molecule has 2 atom stereocenters. The van der Waals surface area contributed by atoms with E-state index in [0.717, 1.165) is 40.9 Å². The van der Waals surface area contributed by atoms with E-state index in [1.165, 1.54) is 11.8 Å². The van der Waals surface area contributed by atoms with Crippen LogP contribution in [0.3, 0.4) is 0 Å². The smallest absolute Gasteiger partial charge is 0.240 e. The summed E-state index contributed by atoms with van der Waals surface area (Å²) in [6, 6.07) is 23.3. The fourth-order valence-electron chi connectivity index (χ4n) is 5.80. The third kappa shape index (κ3) is 5.48. The molecule has 4 aromatic rings. The molecule has 44 heavy (non-hydrogen) atoms. The van der Waals surface area contributed by atoms with Crippen LogP contribution in [0.5, 0.6) is 17.2 Å². The first-order valence-electron chi connectivity index (χ1n) is 14.6. The Labute approximate surface area is 259 Å². The lowest BCUT2D eigenvalue weighted by molar-refractivity contribution is -0.123. The van der Waals surface area contributed by atoms with E-state index in [2.05, 4.69) is 5.32 Å². The van der Waals surface area contributed by atoms with E-state index in [1.54, 1.807) is 16.7 Å². The average Bonchev–Trinajstić information content (AvgIpc) is 3.82. The van der Waals surface area contributed by atoms with Crippen molar-refractivity contribution in [3.63, 3.8) is 0 Å². The van der Waals surface area contributed by atoms with Crippen molar-refractivity contribution in [1.29, 1.82) is 0 Å². The Morgan fingerprint density at radius 2 is 1.89 bits per heavy atom. The van der Waals surface area contributed by atoms with E-state index < -0.39 is 0 Å². The molecule has 1 fully saturated rings. The summed E-state index contributed by atoms with van der Waals surface area (Å²) < 4.78 is 24.2. The summed E-state index contributed by atoms with van der Waals surface area (Å²) in [7, 11) is 1.62. The van der Waals surface area contributed by atoms with Crippen molar-refractivity contribution in [3.05, 3.63) is 83.9 Å². The van der Waals surface area contributed by atoms with E-state index in [0.29, 0.717) is 36.2 Å². The maximum atomic E-state index is 14.0. The monoisotopic (exact) mass is 612 g/mol. The van der Waals surface area contributed by atoms with Gasteiger partial charge in [-0.15, -0.1) is 11.8 Å². The van der Waals surface area contributed by atoms with Gasteiger partial charge in [0.25, 0.3) is 0 Å². The number of methoxy groups -OCH3 is 1. The molecule has 4 heterocycles. The zero-order valence-electron chi connectivity index (χ0n) is 24.2. The molecule has 3 aromatic carbocycles. The second-order valence-electron chi connectivity index (χ2n) is 10.8. The van der Waals surface area contributed by atoms with Crippen molar-refractivity contribution in [2.24, 2.45) is 0 Å². The van der Waals surface area contributed by atoms with E-state index in [1.807, 2.05) is 72.8 Å². The average molecular weight is 613 g/mol. The molecule has 3 aliphatic rings. The highest BCUT2D eigenvalue weighted by atomic mass is 32.2. The number of fused-ring (bicyclic) bond motifs is 2. The van der Waals surface area contributed by atoms with Gasteiger partial charge in [-0.05, 0) is 54.8 Å². The Morgan fingerprint density at radius 3 is 2.66 bits per heavy atom. The highest BCUT2D eigenvalue weighted by Gasteiger charge is 2.38. The molecule has 0 spiro atoms. The van der Waals surface area contributed by atoms with Crippen LogP contribution in [0.2, 0.25) is 0 Å². The number of rotatable bonds is 8. The fourth-order valence-corrected chi connectivity index (χ4v) is 6.99. The number of benzene rings is 3. The molecule has 1 N–H and O–H groups in total. The van der Waals surface area contributed by atoms with Crippen molar-refractivity contribution in [2.45, 2.75) is 24.2 Å². The first kappa shape index (κ1) is 28.3. The van der Waals surface area contributed by atoms with E-state index >= 15 is 0 Å². The SMILES string of the molecule is COc1ccc(-n2nc(-c3ccccc3)c3c2N(CC(=O)NC[C@H]2CCCO2)C(=O)CS[C@@H]3c2ccc3c(c2)OCO3)cc1. The van der Waals surface area contributed by atoms with Gasteiger partial charge in [-0.3, -0.25) is 14.5 Å². The molecule has 7 rings (SSSR count). The van der Waals surface area contributed by atoms with Crippen LogP contribution in [0.1, 0.15) is 29.2 Å². The van der Waals surface area contributed by atoms with Gasteiger partial charge in [0, 0.05) is 24.3 Å². The Hall–Kier alpha value is -4.48. The fraction of sp³-hybridized carbons (Fsp3) is 0.303. The Balaban J connectivity index is 1.38. The van der Waals surface area contributed by atoms with Crippen molar-refractivity contribution in [3.8, 4) is 34.2 Å². The molecule has 2 amide bonds. The van der Waals surface area contributed by atoms with Gasteiger partial charge in [0.05, 0.1) is 35.6 Å². The van der Waals surface area contributed by atoms with Gasteiger partial charge in [0.2, 0.25) is 18.6 Å². The van der Waals surface area contributed by atoms with Crippen molar-refractivity contribution in [2.75, 3.05) is 44.3 Å². The Kier molecular flexibility index (Phi) is 7.88. The lowest BCUT2D eigenvalue weighted by atomic mass is 9.99. The molecule has 10 nitrogen and oxygen atoms in total. The lowest BCUT2D eigenvalue weighted by Gasteiger charge is -2.23. The number of ether oxygens (including phenoxy) is 4. The maximum absolute atomic E-state index is 14.0. The summed E-state index contributed by atoms with van der Waals surface area (Å²) in [5, 5.41) is 7.84. The molecule has 0 unspecified atom stereocenters. The standard InChI is InChI=1S/C33H32N4O6S/c1-40-24-12-10-23(11-13-24)37-33-30(31(35-37)21-6-3-2-4-7-21)32(22-9-14-26-27(16-22)43-20-42-26)44-19-29(39)36(33)18-28(38)34-17-25-8-5-15-41-25/h2-4,6-7,9-14,16,25,32H,5,8,15,17-20H2,1H3,(H,34,38)/t25-,32-/m1/s1. The number of carbonyl (C=O) groups is 2. The normalized spacial score (nSPS) is 19.0. The number of nitrogens with zero attached hydrogens (tertiary/aromatic N) is 3. The number of nitrogens with one attached hydrogen (secondary N) is 1. The predicted molar refractivity (Wildman–Crippen MR) is 167 cm³/mol. The molecule has 1 aromatic heterocycles. The van der Waals surface area contributed by atoms with E-state index in [4.69, 9.17) is 24.0 Å². The molecular formula is C33H32N4O6S. The number of thioether (sulfide) groups is 1. The van der Waals surface area contributed by atoms with Crippen LogP contribution < -0.4 is 24.4 Å². The number of amides is 2. The minimum atomic E-state index is -0.286. The number of carbonyl (C=O) groups excluding carboxylic acids is 2. The van der Waals surface area contributed by atoms with Crippen LogP contribution >= 0.6 is 11.8 Å². The molecule has 1 saturated heterocycles. The molecule has 0 bridgehead atoms. The molecule has 0 saturated carbocycles. The zero-order chi connectivity index (χ0) is 30.0. The number of aromatic nitrogens is 2. The van der Waals surface area contributed by atoms with Crippen molar-refractivity contribution >= 4 is 29.4 Å². The van der Waals surface area contributed by atoms with Crippen LogP contribution in [0, 0.1) is 0 Å². The summed E-state index contributed by atoms with van der Waals surface area (Å²) in [5.41, 5.74) is 4.15. The second kappa shape index (κ2) is 12.3. The first-order valence-corrected chi connectivity index (χ1v) is 15.7. The number of hydrogen-bond donors (Lipinski definition) is 1. The van der Waals surface area contributed by atoms with E-state index in [9.17, 15) is 9.59 Å². The molecule has 0 aliphatic carbocycles. The molecular weight excluding hydrogens is 580 g/mol. The zero-order valence-corrected chi connectivity index (χ0v) is 25.0. The van der Waals surface area contributed by atoms with Gasteiger partial charge in [-0.25, -0.2) is 4.68 Å². The van der Waals surface area contributed by atoms with Gasteiger partial charge in [-0.2, -0.15) is 5.10 Å². The highest BCUT2D eigenvalue weighted by molar-refractivity contribution is 8.00. The van der Waals surface area contributed by atoms with Crippen molar-refractivity contribution in [1.82, 2.24) is 15.1 Å². The third-order valence-corrected chi connectivity index (χ3v) is 9.26. The summed E-state index contributed by atoms with van der Waals surface area (Å²) >= 11 is 1.51. The molecule has 0 radical (unpaired) electrons. The van der Waals surface area contributed by atoms with Gasteiger partial charge in [-0.1, -0.05) is 36.4 Å². The summed E-state index contributed by atoms with van der Waals surface area (Å²) in [6.07, 6.45) is 1.89. The highest BCUT2D eigenvalue weighted by Crippen LogP contribution is 2.50. The summed E-state index contributed by atoms with van der Waals surface area (Å²) in [6.45, 7) is 1.13. The van der Waals surface area contributed by atoms with Gasteiger partial charge in [0.1, 0.15) is 18.1 Å². The Morgan fingerprint density at radius 1 is 1.07 bits per heavy atom. The summed E-state index contributed by atoms with van der Waals surface area (Å²) in [5.74, 6) is 2.34. The van der Waals surface area contributed by atoms with E-state index in [-0.39, 0.29) is 42.3 Å². The molecule has 3 aliphatic heterocycles. The largest absolute Gasteiger partial charge is 0.497 e. The number of hydrogen-bond acceptors (Lipinski definition) is 8.